The van der Waals surface area contributed by atoms with Gasteiger partial charge in [0.05, 0.1) is 12.5 Å². The van der Waals surface area contributed by atoms with E-state index in [-0.39, 0.29) is 0 Å². The van der Waals surface area contributed by atoms with E-state index in [0.29, 0.717) is 17.8 Å². The Balaban J connectivity index is 2.81. The third kappa shape index (κ3) is 1.90. The van der Waals surface area contributed by atoms with Crippen LogP contribution in [0, 0.1) is 11.8 Å². The third-order valence-corrected chi connectivity index (χ3v) is 2.36. The van der Waals surface area contributed by atoms with Crippen molar-refractivity contribution in [1.29, 1.82) is 0 Å². The summed E-state index contributed by atoms with van der Waals surface area (Å²) < 4.78 is 5.10. The minimum Gasteiger partial charge on any atom is -0.472 e. The van der Waals surface area contributed by atoms with Crippen LogP contribution in [0.15, 0.2) is 23.0 Å². The number of hydrogen-bond donors (Lipinski definition) is 0. The van der Waals surface area contributed by atoms with E-state index in [4.69, 9.17) is 4.42 Å². The summed E-state index contributed by atoms with van der Waals surface area (Å²) in [5, 5.41) is 0. The summed E-state index contributed by atoms with van der Waals surface area (Å²) >= 11 is 0. The van der Waals surface area contributed by atoms with E-state index >= 15 is 0 Å². The van der Waals surface area contributed by atoms with Crippen LogP contribution in [-0.4, -0.2) is 0 Å². The first-order valence-electron chi connectivity index (χ1n) is 4.65. The Labute approximate surface area is 74.8 Å². The second-order valence-corrected chi connectivity index (χ2v) is 4.07. The Morgan fingerprint density at radius 2 is 1.67 bits per heavy atom. The molecular weight excluding hydrogens is 148 g/mol. The molecule has 1 nitrogen and oxygen atoms in total. The van der Waals surface area contributed by atoms with Crippen LogP contribution in [0.3, 0.4) is 0 Å². The lowest BCUT2D eigenvalue weighted by Crippen LogP contribution is -2.12. The summed E-state index contributed by atoms with van der Waals surface area (Å²) in [5.74, 6) is 1.99. The van der Waals surface area contributed by atoms with Gasteiger partial charge in [0.15, 0.2) is 0 Å². The molecule has 0 unspecified atom stereocenters. The average Bonchev–Trinajstić information content (AvgIpc) is 2.37. The molecule has 0 aliphatic heterocycles. The van der Waals surface area contributed by atoms with Gasteiger partial charge in [-0.1, -0.05) is 27.7 Å². The molecule has 0 aromatic carbocycles. The Morgan fingerprint density at radius 1 is 1.08 bits per heavy atom. The molecule has 1 aromatic rings. The van der Waals surface area contributed by atoms with Crippen molar-refractivity contribution in [2.24, 2.45) is 11.8 Å². The molecule has 0 radical (unpaired) electrons. The van der Waals surface area contributed by atoms with Gasteiger partial charge in [-0.15, -0.1) is 0 Å². The van der Waals surface area contributed by atoms with Gasteiger partial charge in [0.25, 0.3) is 0 Å². The van der Waals surface area contributed by atoms with Gasteiger partial charge in [-0.25, -0.2) is 0 Å². The fourth-order valence-corrected chi connectivity index (χ4v) is 2.00. The molecule has 0 amide bonds. The fourth-order valence-electron chi connectivity index (χ4n) is 2.00. The highest BCUT2D eigenvalue weighted by Crippen LogP contribution is 2.31. The quantitative estimate of drug-likeness (QED) is 0.667. The largest absolute Gasteiger partial charge is 0.472 e. The summed E-state index contributed by atoms with van der Waals surface area (Å²) in [6.45, 7) is 9.05. The van der Waals surface area contributed by atoms with Crippen LogP contribution in [0.5, 0.6) is 0 Å². The molecule has 12 heavy (non-hydrogen) atoms. The maximum atomic E-state index is 5.10. The molecule has 0 saturated carbocycles. The third-order valence-electron chi connectivity index (χ3n) is 2.36. The zero-order valence-electron chi connectivity index (χ0n) is 8.37. The van der Waals surface area contributed by atoms with E-state index in [1.54, 1.807) is 6.26 Å². The first kappa shape index (κ1) is 9.37. The Hall–Kier alpha value is -0.720. The van der Waals surface area contributed by atoms with Crippen molar-refractivity contribution in [1.82, 2.24) is 0 Å². The van der Waals surface area contributed by atoms with Gasteiger partial charge in [0.2, 0.25) is 0 Å². The minimum absolute atomic E-state index is 0.628. The lowest BCUT2D eigenvalue weighted by Gasteiger charge is -2.23. The van der Waals surface area contributed by atoms with Crippen molar-refractivity contribution in [2.45, 2.75) is 33.6 Å². The van der Waals surface area contributed by atoms with Gasteiger partial charge >= 0.3 is 0 Å². The van der Waals surface area contributed by atoms with E-state index in [2.05, 4.69) is 33.8 Å². The molecule has 1 rings (SSSR count). The smallest absolute Gasteiger partial charge is 0.0937 e. The molecule has 0 aliphatic rings. The van der Waals surface area contributed by atoms with Crippen molar-refractivity contribution >= 4 is 0 Å². The van der Waals surface area contributed by atoms with Gasteiger partial charge in [-0.2, -0.15) is 0 Å². The predicted octanol–water partition coefficient (Wildman–Crippen LogP) is 3.68. The van der Waals surface area contributed by atoms with Crippen molar-refractivity contribution < 1.29 is 4.42 Å². The molecular formula is C11H18O. The fraction of sp³-hybridized carbons (Fsp3) is 0.636. The van der Waals surface area contributed by atoms with Gasteiger partial charge in [0, 0.05) is 0 Å². The molecule has 68 valence electrons. The van der Waals surface area contributed by atoms with Gasteiger partial charge < -0.3 is 4.42 Å². The maximum Gasteiger partial charge on any atom is 0.0937 e. The topological polar surface area (TPSA) is 13.1 Å². The monoisotopic (exact) mass is 166 g/mol. The van der Waals surface area contributed by atoms with Crippen LogP contribution < -0.4 is 0 Å². The molecule has 0 spiro atoms. The standard InChI is InChI=1S/C11H18O/c1-8(2)11(9(3)4)10-5-6-12-7-10/h5-9,11H,1-4H3. The van der Waals surface area contributed by atoms with Crippen LogP contribution in [0.4, 0.5) is 0 Å². The van der Waals surface area contributed by atoms with E-state index in [1.165, 1.54) is 5.56 Å². The Morgan fingerprint density at radius 3 is 2.00 bits per heavy atom. The van der Waals surface area contributed by atoms with Gasteiger partial charge in [-0.3, -0.25) is 0 Å². The van der Waals surface area contributed by atoms with Crippen molar-refractivity contribution in [2.75, 3.05) is 0 Å². The summed E-state index contributed by atoms with van der Waals surface area (Å²) in [5.41, 5.74) is 1.33. The zero-order chi connectivity index (χ0) is 9.14. The molecule has 0 fully saturated rings. The van der Waals surface area contributed by atoms with Crippen molar-refractivity contribution in [3.05, 3.63) is 24.2 Å². The van der Waals surface area contributed by atoms with Crippen molar-refractivity contribution in [3.63, 3.8) is 0 Å². The molecule has 1 heterocycles. The minimum atomic E-state index is 0.628. The second kappa shape index (κ2) is 3.79. The summed E-state index contributed by atoms with van der Waals surface area (Å²) in [6, 6.07) is 2.07. The van der Waals surface area contributed by atoms with Crippen LogP contribution in [-0.2, 0) is 0 Å². The Bertz CT molecular complexity index is 201. The SMILES string of the molecule is CC(C)C(c1ccoc1)C(C)C. The lowest BCUT2D eigenvalue weighted by atomic mass is 9.81. The lowest BCUT2D eigenvalue weighted by molar-refractivity contribution is 0.384. The van der Waals surface area contributed by atoms with Crippen LogP contribution in [0.1, 0.15) is 39.2 Å². The number of furan rings is 1. The molecule has 0 saturated heterocycles. The van der Waals surface area contributed by atoms with Crippen LogP contribution in [0.25, 0.3) is 0 Å². The normalized spacial score (nSPS) is 11.9. The first-order valence-corrected chi connectivity index (χ1v) is 4.65. The predicted molar refractivity (Wildman–Crippen MR) is 51.1 cm³/mol. The van der Waals surface area contributed by atoms with E-state index < -0.39 is 0 Å². The summed E-state index contributed by atoms with van der Waals surface area (Å²) in [7, 11) is 0. The molecule has 0 N–H and O–H groups in total. The zero-order valence-corrected chi connectivity index (χ0v) is 8.37. The first-order chi connectivity index (χ1) is 5.63. The molecule has 1 aromatic heterocycles. The van der Waals surface area contributed by atoms with E-state index in [1.807, 2.05) is 6.26 Å². The van der Waals surface area contributed by atoms with Crippen molar-refractivity contribution in [3.8, 4) is 0 Å². The molecule has 0 aliphatic carbocycles. The van der Waals surface area contributed by atoms with E-state index in [9.17, 15) is 0 Å². The Kier molecular flexibility index (Phi) is 2.96. The van der Waals surface area contributed by atoms with Gasteiger partial charge in [-0.05, 0) is 29.4 Å². The maximum absolute atomic E-state index is 5.10. The number of rotatable bonds is 3. The number of hydrogen-bond acceptors (Lipinski definition) is 1. The summed E-state index contributed by atoms with van der Waals surface area (Å²) in [4.78, 5) is 0. The second-order valence-electron chi connectivity index (χ2n) is 4.07. The average molecular weight is 166 g/mol. The van der Waals surface area contributed by atoms with Gasteiger partial charge in [0.1, 0.15) is 0 Å². The summed E-state index contributed by atoms with van der Waals surface area (Å²) in [6.07, 6.45) is 3.62. The highest BCUT2D eigenvalue weighted by atomic mass is 16.3. The van der Waals surface area contributed by atoms with Crippen LogP contribution >= 0.6 is 0 Å². The highest BCUT2D eigenvalue weighted by Gasteiger charge is 2.19. The molecule has 0 bridgehead atoms. The molecule has 0 atom stereocenters. The van der Waals surface area contributed by atoms with E-state index in [0.717, 1.165) is 0 Å². The van der Waals surface area contributed by atoms with Crippen LogP contribution in [0.2, 0.25) is 0 Å². The molecule has 1 heteroatoms. The highest BCUT2D eigenvalue weighted by molar-refractivity contribution is 5.13.